The van der Waals surface area contributed by atoms with E-state index >= 15 is 0 Å². The monoisotopic (exact) mass is 219 g/mol. The Morgan fingerprint density at radius 1 is 1.21 bits per heavy atom. The zero-order valence-electron chi connectivity index (χ0n) is 7.20. The van der Waals surface area contributed by atoms with Crippen molar-refractivity contribution in [3.8, 4) is 16.5 Å². The topological polar surface area (TPSA) is 23.8 Å². The molecule has 0 bridgehead atoms. The zero-order valence-corrected chi connectivity index (χ0v) is 8.77. The van der Waals surface area contributed by atoms with Crippen LogP contribution in [-0.4, -0.2) is 0 Å². The Labute approximate surface area is 91.2 Å². The highest BCUT2D eigenvalue weighted by molar-refractivity contribution is 7.14. The lowest BCUT2D eigenvalue weighted by Crippen LogP contribution is -1.80. The van der Waals surface area contributed by atoms with Crippen LogP contribution in [-0.2, 0) is 0 Å². The van der Waals surface area contributed by atoms with Crippen LogP contribution >= 0.6 is 22.9 Å². The van der Waals surface area contributed by atoms with E-state index in [1.165, 1.54) is 0 Å². The van der Waals surface area contributed by atoms with Crippen molar-refractivity contribution in [2.24, 2.45) is 0 Å². The quantitative estimate of drug-likeness (QED) is 0.713. The summed E-state index contributed by atoms with van der Waals surface area (Å²) >= 11 is 7.55. The normalized spacial score (nSPS) is 9.71. The predicted molar refractivity (Wildman–Crippen MR) is 59.5 cm³/mol. The molecule has 0 spiro atoms. The molecule has 2 rings (SSSR count). The molecule has 0 atom stereocenters. The molecule has 0 N–H and O–H groups in total. The maximum Gasteiger partial charge on any atom is 0.0998 e. The van der Waals surface area contributed by atoms with Crippen molar-refractivity contribution < 1.29 is 0 Å². The fourth-order valence-electron chi connectivity index (χ4n) is 1.26. The third kappa shape index (κ3) is 1.52. The Bertz CT molecular complexity index is 496. The summed E-state index contributed by atoms with van der Waals surface area (Å²) in [7, 11) is 0. The molecule has 2 aromatic rings. The van der Waals surface area contributed by atoms with Crippen molar-refractivity contribution in [3.63, 3.8) is 0 Å². The molecule has 0 fully saturated rings. The van der Waals surface area contributed by atoms with Gasteiger partial charge >= 0.3 is 0 Å². The maximum absolute atomic E-state index is 8.92. The minimum absolute atomic E-state index is 0.664. The molecular formula is C11H6ClNS. The van der Waals surface area contributed by atoms with Gasteiger partial charge in [0.05, 0.1) is 21.5 Å². The SMILES string of the molecule is N#Cc1ccccc1-c1sccc1Cl. The molecule has 0 unspecified atom stereocenters. The molecule has 14 heavy (non-hydrogen) atoms. The molecule has 0 saturated carbocycles. The summed E-state index contributed by atoms with van der Waals surface area (Å²) in [5.74, 6) is 0. The number of halogens is 1. The fourth-order valence-corrected chi connectivity index (χ4v) is 2.46. The minimum atomic E-state index is 0.664. The van der Waals surface area contributed by atoms with Crippen molar-refractivity contribution in [3.05, 3.63) is 46.3 Å². The Hall–Kier alpha value is -1.30. The molecular weight excluding hydrogens is 214 g/mol. The second-order valence-corrected chi connectivity index (χ2v) is 4.08. The second-order valence-electron chi connectivity index (χ2n) is 2.76. The van der Waals surface area contributed by atoms with E-state index in [1.807, 2.05) is 29.6 Å². The van der Waals surface area contributed by atoms with E-state index in [0.717, 1.165) is 10.4 Å². The third-order valence-electron chi connectivity index (χ3n) is 1.91. The molecule has 68 valence electrons. The Morgan fingerprint density at radius 3 is 2.64 bits per heavy atom. The Balaban J connectivity index is 2.64. The molecule has 1 heterocycles. The maximum atomic E-state index is 8.92. The van der Waals surface area contributed by atoms with Crippen LogP contribution in [0.25, 0.3) is 10.4 Å². The highest BCUT2D eigenvalue weighted by Crippen LogP contribution is 2.34. The van der Waals surface area contributed by atoms with Crippen molar-refractivity contribution in [1.82, 2.24) is 0 Å². The van der Waals surface area contributed by atoms with Gasteiger partial charge in [0.15, 0.2) is 0 Å². The zero-order chi connectivity index (χ0) is 9.97. The summed E-state index contributed by atoms with van der Waals surface area (Å²) in [6, 6.07) is 11.5. The summed E-state index contributed by atoms with van der Waals surface area (Å²) < 4.78 is 0. The molecule has 1 aromatic heterocycles. The highest BCUT2D eigenvalue weighted by atomic mass is 35.5. The Kier molecular flexibility index (Phi) is 2.53. The molecule has 0 aliphatic carbocycles. The summed E-state index contributed by atoms with van der Waals surface area (Å²) in [5, 5.41) is 11.5. The van der Waals surface area contributed by atoms with E-state index < -0.39 is 0 Å². The lowest BCUT2D eigenvalue weighted by Gasteiger charge is -2.00. The lowest BCUT2D eigenvalue weighted by atomic mass is 10.1. The first-order valence-electron chi connectivity index (χ1n) is 4.05. The first-order valence-corrected chi connectivity index (χ1v) is 5.31. The summed E-state index contributed by atoms with van der Waals surface area (Å²) in [5.41, 5.74) is 1.58. The Morgan fingerprint density at radius 2 is 2.00 bits per heavy atom. The molecule has 0 radical (unpaired) electrons. The molecule has 0 aliphatic rings. The number of nitrogens with zero attached hydrogens (tertiary/aromatic N) is 1. The fraction of sp³-hybridized carbons (Fsp3) is 0. The number of hydrogen-bond acceptors (Lipinski definition) is 2. The van der Waals surface area contributed by atoms with E-state index in [4.69, 9.17) is 16.9 Å². The first-order chi connectivity index (χ1) is 6.83. The van der Waals surface area contributed by atoms with Crippen molar-refractivity contribution in [2.45, 2.75) is 0 Å². The van der Waals surface area contributed by atoms with Gasteiger partial charge < -0.3 is 0 Å². The van der Waals surface area contributed by atoms with Crippen LogP contribution < -0.4 is 0 Å². The average Bonchev–Trinajstić information content (AvgIpc) is 2.64. The predicted octanol–water partition coefficient (Wildman–Crippen LogP) is 3.94. The smallest absolute Gasteiger partial charge is 0.0998 e. The van der Waals surface area contributed by atoms with E-state index in [2.05, 4.69) is 6.07 Å². The van der Waals surface area contributed by atoms with Gasteiger partial charge in [0.25, 0.3) is 0 Å². The van der Waals surface area contributed by atoms with Gasteiger partial charge in [-0.25, -0.2) is 0 Å². The van der Waals surface area contributed by atoms with E-state index in [0.29, 0.717) is 10.6 Å². The first kappa shape index (κ1) is 9.26. The molecule has 1 aromatic carbocycles. The standard InChI is InChI=1S/C11H6ClNS/c12-10-5-6-14-11(10)9-4-2-1-3-8(9)7-13/h1-6H. The van der Waals surface area contributed by atoms with Crippen LogP contribution in [0.1, 0.15) is 5.56 Å². The van der Waals surface area contributed by atoms with Crippen LogP contribution in [0.2, 0.25) is 5.02 Å². The summed E-state index contributed by atoms with van der Waals surface area (Å²) in [6.45, 7) is 0. The third-order valence-corrected chi connectivity index (χ3v) is 3.28. The van der Waals surface area contributed by atoms with Crippen molar-refractivity contribution in [1.29, 1.82) is 5.26 Å². The molecule has 0 aliphatic heterocycles. The van der Waals surface area contributed by atoms with Crippen LogP contribution in [0.4, 0.5) is 0 Å². The number of hydrogen-bond donors (Lipinski definition) is 0. The van der Waals surface area contributed by atoms with Crippen molar-refractivity contribution >= 4 is 22.9 Å². The van der Waals surface area contributed by atoms with Gasteiger partial charge in [0.2, 0.25) is 0 Å². The van der Waals surface area contributed by atoms with Crippen molar-refractivity contribution in [2.75, 3.05) is 0 Å². The van der Waals surface area contributed by atoms with Crippen LogP contribution in [0.15, 0.2) is 35.7 Å². The number of rotatable bonds is 1. The molecule has 3 heteroatoms. The van der Waals surface area contributed by atoms with Crippen LogP contribution in [0.3, 0.4) is 0 Å². The van der Waals surface area contributed by atoms with E-state index in [-0.39, 0.29) is 0 Å². The molecule has 0 amide bonds. The van der Waals surface area contributed by atoms with Gasteiger partial charge in [-0.1, -0.05) is 29.8 Å². The largest absolute Gasteiger partial charge is 0.192 e. The minimum Gasteiger partial charge on any atom is -0.192 e. The number of nitriles is 1. The molecule has 1 nitrogen and oxygen atoms in total. The lowest BCUT2D eigenvalue weighted by molar-refractivity contribution is 1.49. The highest BCUT2D eigenvalue weighted by Gasteiger charge is 2.08. The van der Waals surface area contributed by atoms with Gasteiger partial charge in [-0.2, -0.15) is 5.26 Å². The van der Waals surface area contributed by atoms with Crippen LogP contribution in [0, 0.1) is 11.3 Å². The van der Waals surface area contributed by atoms with Gasteiger partial charge in [0.1, 0.15) is 0 Å². The van der Waals surface area contributed by atoms with Gasteiger partial charge in [-0.3, -0.25) is 0 Å². The molecule has 0 saturated heterocycles. The van der Waals surface area contributed by atoms with Gasteiger partial charge in [-0.15, -0.1) is 11.3 Å². The van der Waals surface area contributed by atoms with E-state index in [1.54, 1.807) is 17.4 Å². The second kappa shape index (κ2) is 3.83. The number of benzene rings is 1. The summed E-state index contributed by atoms with van der Waals surface area (Å²) in [4.78, 5) is 0.962. The average molecular weight is 220 g/mol. The van der Waals surface area contributed by atoms with Gasteiger partial charge in [-0.05, 0) is 17.5 Å². The van der Waals surface area contributed by atoms with Gasteiger partial charge in [0, 0.05) is 5.56 Å². The number of thiophene rings is 1. The van der Waals surface area contributed by atoms with Crippen LogP contribution in [0.5, 0.6) is 0 Å². The summed E-state index contributed by atoms with van der Waals surface area (Å²) in [6.07, 6.45) is 0. The van der Waals surface area contributed by atoms with E-state index in [9.17, 15) is 0 Å².